The van der Waals surface area contributed by atoms with Crippen molar-refractivity contribution in [3.05, 3.63) is 53.6 Å². The molecule has 0 radical (unpaired) electrons. The number of anilines is 1. The summed E-state index contributed by atoms with van der Waals surface area (Å²) in [6.45, 7) is 5.35. The number of aryl methyl sites for hydroxylation is 2. The second kappa shape index (κ2) is 5.48. The van der Waals surface area contributed by atoms with Gasteiger partial charge in [0.1, 0.15) is 12.4 Å². The summed E-state index contributed by atoms with van der Waals surface area (Å²) in [4.78, 5) is 4.40. The summed E-state index contributed by atoms with van der Waals surface area (Å²) >= 11 is 0. The fourth-order valence-electron chi connectivity index (χ4n) is 2.45. The molecule has 0 bridgehead atoms. The van der Waals surface area contributed by atoms with Crippen molar-refractivity contribution in [1.82, 2.24) is 9.55 Å². The Morgan fingerprint density at radius 1 is 1.10 bits per heavy atom. The molecule has 0 aliphatic heterocycles. The predicted octanol–water partition coefficient (Wildman–Crippen LogP) is 3.31. The second-order valence-electron chi connectivity index (χ2n) is 5.28. The van der Waals surface area contributed by atoms with Crippen molar-refractivity contribution in [1.29, 1.82) is 0 Å². The van der Waals surface area contributed by atoms with Gasteiger partial charge in [0, 0.05) is 0 Å². The van der Waals surface area contributed by atoms with E-state index >= 15 is 0 Å². The van der Waals surface area contributed by atoms with Gasteiger partial charge in [-0.15, -0.1) is 0 Å². The van der Waals surface area contributed by atoms with Crippen LogP contribution in [0, 0.1) is 13.8 Å². The first-order valence-electron chi connectivity index (χ1n) is 7.05. The third kappa shape index (κ3) is 2.84. The van der Waals surface area contributed by atoms with E-state index in [4.69, 9.17) is 10.5 Å². The lowest BCUT2D eigenvalue weighted by molar-refractivity contribution is 0.301. The van der Waals surface area contributed by atoms with Crippen LogP contribution in [0.1, 0.15) is 11.1 Å². The number of fused-ring (bicyclic) bond motifs is 1. The Balaban J connectivity index is 1.75. The molecule has 3 aromatic rings. The Labute approximate surface area is 124 Å². The molecule has 0 saturated carbocycles. The Hall–Kier alpha value is -2.49. The van der Waals surface area contributed by atoms with Gasteiger partial charge in [-0.05, 0) is 49.2 Å². The zero-order chi connectivity index (χ0) is 14.8. The van der Waals surface area contributed by atoms with Gasteiger partial charge >= 0.3 is 0 Å². The average Bonchev–Trinajstić information content (AvgIpc) is 2.74. The summed E-state index contributed by atoms with van der Waals surface area (Å²) in [5.74, 6) is 1.41. The predicted molar refractivity (Wildman–Crippen MR) is 85.6 cm³/mol. The third-order valence-corrected chi connectivity index (χ3v) is 3.51. The van der Waals surface area contributed by atoms with Crippen LogP contribution in [-0.2, 0) is 6.54 Å². The Morgan fingerprint density at radius 3 is 2.71 bits per heavy atom. The van der Waals surface area contributed by atoms with Gasteiger partial charge in [-0.25, -0.2) is 4.98 Å². The Kier molecular flexibility index (Phi) is 3.52. The molecule has 3 rings (SSSR count). The Morgan fingerprint density at radius 2 is 1.90 bits per heavy atom. The number of ether oxygens (including phenoxy) is 1. The number of aromatic nitrogens is 2. The van der Waals surface area contributed by atoms with E-state index in [2.05, 4.69) is 37.0 Å². The van der Waals surface area contributed by atoms with E-state index in [9.17, 15) is 0 Å². The summed E-state index contributed by atoms with van der Waals surface area (Å²) in [6.07, 6.45) is 0. The molecular formula is C17H19N3O. The van der Waals surface area contributed by atoms with E-state index in [1.54, 1.807) is 0 Å². The highest BCUT2D eigenvalue weighted by Crippen LogP contribution is 2.19. The smallest absolute Gasteiger partial charge is 0.201 e. The third-order valence-electron chi connectivity index (χ3n) is 3.51. The maximum absolute atomic E-state index is 6.00. The summed E-state index contributed by atoms with van der Waals surface area (Å²) in [7, 11) is 0. The van der Waals surface area contributed by atoms with Gasteiger partial charge in [-0.2, -0.15) is 0 Å². The van der Waals surface area contributed by atoms with E-state index in [-0.39, 0.29) is 0 Å². The van der Waals surface area contributed by atoms with Crippen LogP contribution in [-0.4, -0.2) is 16.2 Å². The van der Waals surface area contributed by atoms with Gasteiger partial charge in [-0.3, -0.25) is 0 Å². The minimum Gasteiger partial charge on any atom is -0.492 e. The van der Waals surface area contributed by atoms with Gasteiger partial charge in [0.25, 0.3) is 0 Å². The number of benzene rings is 2. The van der Waals surface area contributed by atoms with Crippen LogP contribution in [0.15, 0.2) is 42.5 Å². The van der Waals surface area contributed by atoms with Crippen molar-refractivity contribution < 1.29 is 4.74 Å². The van der Waals surface area contributed by atoms with Crippen molar-refractivity contribution in [2.75, 3.05) is 12.3 Å². The van der Waals surface area contributed by atoms with Gasteiger partial charge in [0.05, 0.1) is 17.6 Å². The lowest BCUT2D eigenvalue weighted by Crippen LogP contribution is -2.10. The van der Waals surface area contributed by atoms with Crippen LogP contribution in [0.25, 0.3) is 11.0 Å². The lowest BCUT2D eigenvalue weighted by atomic mass is 10.2. The van der Waals surface area contributed by atoms with Crippen molar-refractivity contribution >= 4 is 17.0 Å². The normalized spacial score (nSPS) is 11.0. The fraction of sp³-hybridized carbons (Fsp3) is 0.235. The molecule has 1 heterocycles. The number of imidazole rings is 1. The highest BCUT2D eigenvalue weighted by molar-refractivity contribution is 5.79. The number of nitrogens with two attached hydrogens (primary N) is 1. The topological polar surface area (TPSA) is 53.1 Å². The number of rotatable bonds is 4. The molecule has 0 fully saturated rings. The van der Waals surface area contributed by atoms with Crippen molar-refractivity contribution in [3.63, 3.8) is 0 Å². The molecule has 21 heavy (non-hydrogen) atoms. The Bertz CT molecular complexity index is 777. The second-order valence-corrected chi connectivity index (χ2v) is 5.28. The first-order valence-corrected chi connectivity index (χ1v) is 7.05. The molecule has 1 aromatic heterocycles. The van der Waals surface area contributed by atoms with Crippen molar-refractivity contribution in [3.8, 4) is 5.75 Å². The highest BCUT2D eigenvalue weighted by atomic mass is 16.5. The summed E-state index contributed by atoms with van der Waals surface area (Å²) in [5.41, 5.74) is 10.4. The molecular weight excluding hydrogens is 262 g/mol. The van der Waals surface area contributed by atoms with Gasteiger partial charge in [-0.1, -0.05) is 18.2 Å². The van der Waals surface area contributed by atoms with Crippen molar-refractivity contribution in [2.24, 2.45) is 0 Å². The molecule has 0 aliphatic carbocycles. The van der Waals surface area contributed by atoms with Crippen LogP contribution < -0.4 is 10.5 Å². The van der Waals surface area contributed by atoms with Crippen LogP contribution in [0.4, 0.5) is 5.95 Å². The van der Waals surface area contributed by atoms with E-state index in [1.807, 2.05) is 28.8 Å². The zero-order valence-electron chi connectivity index (χ0n) is 12.3. The van der Waals surface area contributed by atoms with Gasteiger partial charge in [0.15, 0.2) is 0 Å². The van der Waals surface area contributed by atoms with E-state index in [1.165, 1.54) is 11.1 Å². The molecule has 0 spiro atoms. The van der Waals surface area contributed by atoms with Crippen LogP contribution in [0.5, 0.6) is 5.75 Å². The molecule has 0 atom stereocenters. The number of hydrogen-bond donors (Lipinski definition) is 1. The maximum atomic E-state index is 6.00. The fourth-order valence-corrected chi connectivity index (χ4v) is 2.45. The molecule has 0 aliphatic rings. The summed E-state index contributed by atoms with van der Waals surface area (Å²) < 4.78 is 7.77. The number of nitrogens with zero attached hydrogens (tertiary/aromatic N) is 2. The van der Waals surface area contributed by atoms with Crippen LogP contribution >= 0.6 is 0 Å². The summed E-state index contributed by atoms with van der Waals surface area (Å²) in [6, 6.07) is 14.2. The molecule has 4 nitrogen and oxygen atoms in total. The molecule has 4 heteroatoms. The molecule has 2 N–H and O–H groups in total. The minimum atomic E-state index is 0.531. The molecule has 0 saturated heterocycles. The zero-order valence-corrected chi connectivity index (χ0v) is 12.3. The maximum Gasteiger partial charge on any atom is 0.201 e. The number of nitrogen functional groups attached to an aromatic ring is 1. The molecule has 108 valence electrons. The van der Waals surface area contributed by atoms with E-state index in [0.717, 1.165) is 16.8 Å². The molecule has 2 aromatic carbocycles. The van der Waals surface area contributed by atoms with E-state index in [0.29, 0.717) is 19.1 Å². The average molecular weight is 281 g/mol. The number of hydrogen-bond acceptors (Lipinski definition) is 3. The van der Waals surface area contributed by atoms with Gasteiger partial charge in [0.2, 0.25) is 5.95 Å². The van der Waals surface area contributed by atoms with Crippen LogP contribution in [0.3, 0.4) is 0 Å². The molecule has 0 unspecified atom stereocenters. The standard InChI is InChI=1S/C17H19N3O/c1-12-4-3-5-14(10-12)21-9-8-20-16-7-6-13(2)11-15(16)19-17(20)18/h3-7,10-11H,8-9H2,1-2H3,(H2,18,19). The minimum absolute atomic E-state index is 0.531. The molecule has 0 amide bonds. The first kappa shape index (κ1) is 13.5. The quantitative estimate of drug-likeness (QED) is 0.798. The lowest BCUT2D eigenvalue weighted by Gasteiger charge is -2.09. The monoisotopic (exact) mass is 281 g/mol. The highest BCUT2D eigenvalue weighted by Gasteiger charge is 2.08. The summed E-state index contributed by atoms with van der Waals surface area (Å²) in [5, 5.41) is 0. The van der Waals surface area contributed by atoms with Crippen LogP contribution in [0.2, 0.25) is 0 Å². The van der Waals surface area contributed by atoms with E-state index < -0.39 is 0 Å². The first-order chi connectivity index (χ1) is 10.1. The largest absolute Gasteiger partial charge is 0.492 e. The SMILES string of the molecule is Cc1cccc(OCCn2c(N)nc3cc(C)ccc32)c1. The van der Waals surface area contributed by atoms with Crippen molar-refractivity contribution in [2.45, 2.75) is 20.4 Å². The van der Waals surface area contributed by atoms with Gasteiger partial charge < -0.3 is 15.0 Å².